The van der Waals surface area contributed by atoms with Crippen molar-refractivity contribution in [3.63, 3.8) is 0 Å². The Balaban J connectivity index is 2.36. The minimum absolute atomic E-state index is 0.0104. The number of hydrogen-bond acceptors (Lipinski definition) is 3. The van der Waals surface area contributed by atoms with Gasteiger partial charge in [0.15, 0.2) is 0 Å². The van der Waals surface area contributed by atoms with Crippen LogP contribution >= 0.6 is 23.6 Å². The molecule has 1 aliphatic carbocycles. The van der Waals surface area contributed by atoms with Crippen molar-refractivity contribution in [3.05, 3.63) is 16.6 Å². The Morgan fingerprint density at radius 3 is 2.82 bits per heavy atom. The Morgan fingerprint density at radius 1 is 1.73 bits per heavy atom. The van der Waals surface area contributed by atoms with E-state index >= 15 is 0 Å². The zero-order valence-corrected chi connectivity index (χ0v) is 7.54. The van der Waals surface area contributed by atoms with Crippen LogP contribution in [0, 0.1) is 0 Å². The van der Waals surface area contributed by atoms with Crippen molar-refractivity contribution in [1.82, 2.24) is 4.98 Å². The first-order valence-electron chi connectivity index (χ1n) is 3.45. The van der Waals surface area contributed by atoms with Crippen LogP contribution < -0.4 is 5.73 Å². The maximum Gasteiger partial charge on any atom is 0.105 e. The molecule has 1 aromatic rings. The second-order valence-electron chi connectivity index (χ2n) is 2.78. The van der Waals surface area contributed by atoms with Crippen LogP contribution in [0.25, 0.3) is 0 Å². The molecule has 2 nitrogen and oxygen atoms in total. The predicted molar refractivity (Wildman–Crippen MR) is 49.8 cm³/mol. The van der Waals surface area contributed by atoms with E-state index in [0.717, 1.165) is 17.8 Å². The van der Waals surface area contributed by atoms with Crippen molar-refractivity contribution < 1.29 is 0 Å². The molecule has 2 rings (SSSR count). The third-order valence-corrected chi connectivity index (χ3v) is 3.43. The van der Waals surface area contributed by atoms with Crippen molar-refractivity contribution in [2.24, 2.45) is 5.73 Å². The molecule has 1 aliphatic rings. The third kappa shape index (κ3) is 0.973. The van der Waals surface area contributed by atoms with Crippen molar-refractivity contribution >= 4 is 28.5 Å². The van der Waals surface area contributed by atoms with Crippen molar-refractivity contribution in [1.29, 1.82) is 0 Å². The van der Waals surface area contributed by atoms with Gasteiger partial charge < -0.3 is 5.73 Å². The van der Waals surface area contributed by atoms with Crippen molar-refractivity contribution in [2.75, 3.05) is 0 Å². The lowest BCUT2D eigenvalue weighted by Gasteiger charge is -2.07. The normalized spacial score (nSPS) is 19.6. The smallest absolute Gasteiger partial charge is 0.105 e. The van der Waals surface area contributed by atoms with Crippen LogP contribution in [0.5, 0.6) is 0 Å². The van der Waals surface area contributed by atoms with E-state index in [1.165, 1.54) is 0 Å². The molecule has 0 unspecified atom stereocenters. The Kier molecular flexibility index (Phi) is 1.47. The molecule has 2 N–H and O–H groups in total. The first-order valence-corrected chi connectivity index (χ1v) is 4.74. The minimum Gasteiger partial charge on any atom is -0.393 e. The summed E-state index contributed by atoms with van der Waals surface area (Å²) in [4.78, 5) is 4.83. The van der Waals surface area contributed by atoms with Gasteiger partial charge in [0.25, 0.3) is 0 Å². The largest absolute Gasteiger partial charge is 0.393 e. The number of aromatic nitrogens is 1. The van der Waals surface area contributed by atoms with Gasteiger partial charge >= 0.3 is 0 Å². The van der Waals surface area contributed by atoms with E-state index < -0.39 is 0 Å². The van der Waals surface area contributed by atoms with Gasteiger partial charge in [-0.15, -0.1) is 11.3 Å². The molecule has 1 fully saturated rings. The van der Waals surface area contributed by atoms with Crippen LogP contribution in [0.1, 0.15) is 17.8 Å². The SMILES string of the molecule is NC(=S)C1(c2nccs2)CC1. The lowest BCUT2D eigenvalue weighted by molar-refractivity contribution is 0.932. The number of thiocarbonyl (C=S) groups is 1. The molecule has 0 radical (unpaired) electrons. The summed E-state index contributed by atoms with van der Waals surface area (Å²) < 4.78 is 0. The van der Waals surface area contributed by atoms with Crippen LogP contribution in [0.4, 0.5) is 0 Å². The van der Waals surface area contributed by atoms with Gasteiger partial charge in [-0.05, 0) is 12.8 Å². The van der Waals surface area contributed by atoms with Gasteiger partial charge in [-0.1, -0.05) is 12.2 Å². The molecule has 0 atom stereocenters. The molecule has 0 bridgehead atoms. The molecule has 1 heterocycles. The summed E-state index contributed by atoms with van der Waals surface area (Å²) in [6.07, 6.45) is 3.96. The van der Waals surface area contributed by atoms with Gasteiger partial charge in [0, 0.05) is 11.6 Å². The maximum absolute atomic E-state index is 5.62. The topological polar surface area (TPSA) is 38.9 Å². The second-order valence-corrected chi connectivity index (χ2v) is 4.12. The van der Waals surface area contributed by atoms with Crippen LogP contribution in [0.3, 0.4) is 0 Å². The highest BCUT2D eigenvalue weighted by Gasteiger charge is 2.49. The van der Waals surface area contributed by atoms with E-state index in [9.17, 15) is 0 Å². The van der Waals surface area contributed by atoms with Gasteiger partial charge in [-0.2, -0.15) is 0 Å². The molecular formula is C7H8N2S2. The summed E-state index contributed by atoms with van der Waals surface area (Å²) in [7, 11) is 0. The fraction of sp³-hybridized carbons (Fsp3) is 0.429. The summed E-state index contributed by atoms with van der Waals surface area (Å²) in [5.41, 5.74) is 5.61. The first-order chi connectivity index (χ1) is 5.26. The van der Waals surface area contributed by atoms with Crippen LogP contribution in [0.2, 0.25) is 0 Å². The standard InChI is InChI=1S/C7H8N2S2/c8-5(10)7(1-2-7)6-9-3-4-11-6/h3-4H,1-2H2,(H2,8,10). The average molecular weight is 184 g/mol. The third-order valence-electron chi connectivity index (χ3n) is 2.06. The summed E-state index contributed by atoms with van der Waals surface area (Å²) in [5.74, 6) is 0. The summed E-state index contributed by atoms with van der Waals surface area (Å²) in [6, 6.07) is 0. The monoisotopic (exact) mass is 184 g/mol. The highest BCUT2D eigenvalue weighted by atomic mass is 32.1. The molecule has 0 amide bonds. The molecule has 11 heavy (non-hydrogen) atoms. The minimum atomic E-state index is -0.0104. The molecule has 0 aromatic carbocycles. The fourth-order valence-corrected chi connectivity index (χ4v) is 2.43. The highest BCUT2D eigenvalue weighted by molar-refractivity contribution is 7.80. The quantitative estimate of drug-likeness (QED) is 0.707. The zero-order valence-electron chi connectivity index (χ0n) is 5.91. The lowest BCUT2D eigenvalue weighted by Crippen LogP contribution is -2.26. The van der Waals surface area contributed by atoms with Crippen molar-refractivity contribution in [3.8, 4) is 0 Å². The maximum atomic E-state index is 5.62. The number of thiazole rings is 1. The summed E-state index contributed by atoms with van der Waals surface area (Å²) in [6.45, 7) is 0. The van der Waals surface area contributed by atoms with Crippen molar-refractivity contribution in [2.45, 2.75) is 18.3 Å². The number of nitrogens with zero attached hydrogens (tertiary/aromatic N) is 1. The number of nitrogens with two attached hydrogens (primary N) is 1. The van der Waals surface area contributed by atoms with Crippen LogP contribution in [-0.4, -0.2) is 9.97 Å². The van der Waals surface area contributed by atoms with E-state index in [2.05, 4.69) is 4.98 Å². The fourth-order valence-electron chi connectivity index (χ4n) is 1.15. The second kappa shape index (κ2) is 2.25. The molecular weight excluding hydrogens is 176 g/mol. The molecule has 0 spiro atoms. The van der Waals surface area contributed by atoms with E-state index in [0.29, 0.717) is 4.99 Å². The van der Waals surface area contributed by atoms with Gasteiger partial charge in [0.1, 0.15) is 5.01 Å². The van der Waals surface area contributed by atoms with Gasteiger partial charge in [0.2, 0.25) is 0 Å². The number of hydrogen-bond donors (Lipinski definition) is 1. The molecule has 0 aliphatic heterocycles. The molecule has 58 valence electrons. The summed E-state index contributed by atoms with van der Waals surface area (Å²) >= 11 is 6.63. The Labute approximate surface area is 74.4 Å². The first kappa shape index (κ1) is 7.18. The van der Waals surface area contributed by atoms with Crippen LogP contribution in [-0.2, 0) is 5.41 Å². The predicted octanol–water partition coefficient (Wildman–Crippen LogP) is 1.46. The average Bonchev–Trinajstić information content (AvgIpc) is 2.61. The van der Waals surface area contributed by atoms with E-state index in [4.69, 9.17) is 18.0 Å². The number of rotatable bonds is 2. The molecule has 0 saturated heterocycles. The van der Waals surface area contributed by atoms with Crippen LogP contribution in [0.15, 0.2) is 11.6 Å². The Bertz CT molecular complexity index is 275. The highest BCUT2D eigenvalue weighted by Crippen LogP contribution is 2.48. The summed E-state index contributed by atoms with van der Waals surface area (Å²) in [5, 5.41) is 3.05. The zero-order chi connectivity index (χ0) is 7.90. The molecule has 1 aromatic heterocycles. The van der Waals surface area contributed by atoms with E-state index in [1.54, 1.807) is 17.5 Å². The molecule has 1 saturated carbocycles. The van der Waals surface area contributed by atoms with E-state index in [-0.39, 0.29) is 5.41 Å². The molecule has 4 heteroatoms. The van der Waals surface area contributed by atoms with Gasteiger partial charge in [-0.25, -0.2) is 4.98 Å². The van der Waals surface area contributed by atoms with Gasteiger partial charge in [0.05, 0.1) is 10.4 Å². The Morgan fingerprint density at radius 2 is 2.45 bits per heavy atom. The van der Waals surface area contributed by atoms with Gasteiger partial charge in [-0.3, -0.25) is 0 Å². The lowest BCUT2D eigenvalue weighted by atomic mass is 10.1. The Hall–Kier alpha value is -0.480. The van der Waals surface area contributed by atoms with E-state index in [1.807, 2.05) is 5.38 Å².